The molecule has 0 aliphatic carbocycles. The molecule has 0 rings (SSSR count). The van der Waals surface area contributed by atoms with Gasteiger partial charge in [-0.25, -0.2) is 4.79 Å². The lowest BCUT2D eigenvalue weighted by Gasteiger charge is -2.38. The summed E-state index contributed by atoms with van der Waals surface area (Å²) in [5, 5.41) is 10.6. The quantitative estimate of drug-likeness (QED) is 0.659. The fourth-order valence-corrected chi connectivity index (χ4v) is 2.36. The van der Waals surface area contributed by atoms with Crippen molar-refractivity contribution in [2.75, 3.05) is 0 Å². The fourth-order valence-electron chi connectivity index (χ4n) is 2.36. The zero-order valence-electron chi connectivity index (χ0n) is 15.6. The van der Waals surface area contributed by atoms with Crippen LogP contribution < -0.4 is 0 Å². The molecular formula is C18H35NO3. The van der Waals surface area contributed by atoms with Crippen LogP contribution in [0.2, 0.25) is 0 Å². The van der Waals surface area contributed by atoms with Crippen LogP contribution in [0.25, 0.3) is 0 Å². The molecule has 0 aromatic heterocycles. The van der Waals surface area contributed by atoms with Gasteiger partial charge in [-0.2, -0.15) is 0 Å². The Morgan fingerprint density at radius 1 is 1.18 bits per heavy atom. The topological polar surface area (TPSA) is 49.8 Å². The summed E-state index contributed by atoms with van der Waals surface area (Å²) >= 11 is 0. The number of carbonyl (C=O) groups excluding carboxylic acids is 1. The number of hydrogen-bond acceptors (Lipinski definition) is 3. The third kappa shape index (κ3) is 5.99. The Kier molecular flexibility index (Phi) is 8.16. The highest BCUT2D eigenvalue weighted by atomic mass is 16.5. The van der Waals surface area contributed by atoms with Crippen molar-refractivity contribution in [3.8, 4) is 0 Å². The van der Waals surface area contributed by atoms with E-state index in [9.17, 15) is 9.90 Å². The molecule has 0 saturated heterocycles. The minimum absolute atomic E-state index is 0.0848. The smallest absolute Gasteiger partial charge is 0.415 e. The summed E-state index contributed by atoms with van der Waals surface area (Å²) in [4.78, 5) is 13.8. The van der Waals surface area contributed by atoms with Crippen LogP contribution in [0.3, 0.4) is 0 Å². The first-order valence-corrected chi connectivity index (χ1v) is 8.35. The predicted molar refractivity (Wildman–Crippen MR) is 91.7 cm³/mol. The van der Waals surface area contributed by atoms with Crippen molar-refractivity contribution in [2.24, 2.45) is 5.41 Å². The molecule has 0 aliphatic heterocycles. The summed E-state index contributed by atoms with van der Waals surface area (Å²) in [5.74, 6) is 0. The van der Waals surface area contributed by atoms with Crippen LogP contribution in [-0.2, 0) is 4.74 Å². The van der Waals surface area contributed by atoms with Crippen molar-refractivity contribution in [3.63, 3.8) is 0 Å². The molecule has 1 atom stereocenters. The highest BCUT2D eigenvalue weighted by Gasteiger charge is 2.36. The van der Waals surface area contributed by atoms with Gasteiger partial charge in [-0.15, -0.1) is 0 Å². The largest absolute Gasteiger partial charge is 0.418 e. The van der Waals surface area contributed by atoms with Crippen LogP contribution in [0.4, 0.5) is 4.79 Å². The van der Waals surface area contributed by atoms with E-state index in [1.54, 1.807) is 11.0 Å². The monoisotopic (exact) mass is 313 g/mol. The first kappa shape index (κ1) is 21.0. The second kappa shape index (κ2) is 8.56. The molecule has 0 radical (unpaired) electrons. The summed E-state index contributed by atoms with van der Waals surface area (Å²) < 4.78 is 5.26. The van der Waals surface area contributed by atoms with Crippen molar-refractivity contribution in [1.29, 1.82) is 0 Å². The average molecular weight is 313 g/mol. The lowest BCUT2D eigenvalue weighted by Crippen LogP contribution is -2.42. The number of aliphatic hydroxyl groups is 1. The number of carbonyl (C=O) groups is 1. The summed E-state index contributed by atoms with van der Waals surface area (Å²) in [6, 6.07) is 0.170. The molecule has 22 heavy (non-hydrogen) atoms. The van der Waals surface area contributed by atoms with Crippen LogP contribution in [-0.4, -0.2) is 33.8 Å². The van der Waals surface area contributed by atoms with E-state index in [4.69, 9.17) is 4.74 Å². The van der Waals surface area contributed by atoms with Gasteiger partial charge in [0.2, 0.25) is 0 Å². The molecule has 1 amide bonds. The average Bonchev–Trinajstić information content (AvgIpc) is 2.34. The van der Waals surface area contributed by atoms with Crippen LogP contribution >= 0.6 is 0 Å². The Morgan fingerprint density at radius 2 is 1.68 bits per heavy atom. The molecule has 4 heteroatoms. The molecule has 4 nitrogen and oxygen atoms in total. The Balaban J connectivity index is 4.80. The maximum Gasteiger partial charge on any atom is 0.415 e. The number of rotatable bonds is 8. The third-order valence-corrected chi connectivity index (χ3v) is 4.38. The van der Waals surface area contributed by atoms with Crippen LogP contribution in [0, 0.1) is 5.41 Å². The maximum atomic E-state index is 12.1. The van der Waals surface area contributed by atoms with Gasteiger partial charge >= 0.3 is 6.09 Å². The van der Waals surface area contributed by atoms with Crippen LogP contribution in [0.5, 0.6) is 0 Å². The summed E-state index contributed by atoms with van der Waals surface area (Å²) in [7, 11) is 0. The van der Waals surface area contributed by atoms with Crippen molar-refractivity contribution in [1.82, 2.24) is 4.90 Å². The lowest BCUT2D eigenvalue weighted by atomic mass is 9.73. The van der Waals surface area contributed by atoms with E-state index in [1.807, 2.05) is 48.5 Å². The van der Waals surface area contributed by atoms with Gasteiger partial charge in [0.1, 0.15) is 0 Å². The van der Waals surface area contributed by atoms with Gasteiger partial charge in [0.15, 0.2) is 0 Å². The lowest BCUT2D eigenvalue weighted by molar-refractivity contribution is -0.0350. The van der Waals surface area contributed by atoms with Gasteiger partial charge in [-0.1, -0.05) is 33.6 Å². The number of amides is 1. The minimum Gasteiger partial charge on any atom is -0.418 e. The third-order valence-electron chi connectivity index (χ3n) is 4.38. The van der Waals surface area contributed by atoms with Gasteiger partial charge < -0.3 is 14.7 Å². The molecule has 0 heterocycles. The zero-order chi connectivity index (χ0) is 17.6. The van der Waals surface area contributed by atoms with E-state index in [0.717, 1.165) is 19.3 Å². The molecule has 0 aromatic carbocycles. The van der Waals surface area contributed by atoms with E-state index in [1.165, 1.54) is 6.26 Å². The Hall–Kier alpha value is -1.03. The number of hydrogen-bond donors (Lipinski definition) is 1. The second-order valence-electron chi connectivity index (χ2n) is 7.38. The molecule has 1 unspecified atom stereocenters. The van der Waals surface area contributed by atoms with E-state index in [2.05, 4.69) is 6.92 Å². The fraction of sp³-hybridized carbons (Fsp3) is 0.833. The normalized spacial score (nSPS) is 15.4. The van der Waals surface area contributed by atoms with E-state index in [-0.39, 0.29) is 18.2 Å². The summed E-state index contributed by atoms with van der Waals surface area (Å²) in [5.41, 5.74) is -1.30. The van der Waals surface area contributed by atoms with Gasteiger partial charge in [0.25, 0.3) is 0 Å². The predicted octanol–water partition coefficient (Wildman–Crippen LogP) is 4.72. The second-order valence-corrected chi connectivity index (χ2v) is 7.38. The van der Waals surface area contributed by atoms with Crippen LogP contribution in [0.15, 0.2) is 12.3 Å². The Bertz CT molecular complexity index is 363. The van der Waals surface area contributed by atoms with Crippen molar-refractivity contribution in [2.45, 2.75) is 92.3 Å². The maximum absolute atomic E-state index is 12.1. The van der Waals surface area contributed by atoms with Crippen molar-refractivity contribution < 1.29 is 14.6 Å². The Labute approximate surface area is 136 Å². The summed E-state index contributed by atoms with van der Waals surface area (Å²) in [6.07, 6.45) is 5.57. The van der Waals surface area contributed by atoms with Gasteiger partial charge in [0, 0.05) is 17.5 Å². The number of ether oxygens (including phenoxy) is 1. The molecule has 0 fully saturated rings. The molecular weight excluding hydrogens is 278 g/mol. The number of unbranched alkanes of at least 4 members (excludes halogenated alkanes) is 1. The Morgan fingerprint density at radius 3 is 2.09 bits per heavy atom. The molecule has 1 N–H and O–H groups in total. The molecule has 0 spiro atoms. The van der Waals surface area contributed by atoms with Gasteiger partial charge in [-0.05, 0) is 47.1 Å². The first-order chi connectivity index (χ1) is 9.96. The highest BCUT2D eigenvalue weighted by molar-refractivity contribution is 5.69. The van der Waals surface area contributed by atoms with E-state index >= 15 is 0 Å². The van der Waals surface area contributed by atoms with Gasteiger partial charge in [0.05, 0.1) is 11.9 Å². The highest BCUT2D eigenvalue weighted by Crippen LogP contribution is 2.36. The number of nitrogens with zero attached hydrogens (tertiary/aromatic N) is 1. The minimum atomic E-state index is -0.832. The van der Waals surface area contributed by atoms with E-state index < -0.39 is 11.0 Å². The van der Waals surface area contributed by atoms with Crippen molar-refractivity contribution in [3.05, 3.63) is 12.3 Å². The molecule has 0 saturated carbocycles. The standard InChI is InChI=1S/C18H35NO3/c1-9-10-11-18(8,21)17(6,7)12-13-22-16(20)19(14(2)3)15(4)5/h12-15,21H,9-11H2,1-8H3/b13-12-. The molecule has 0 bridgehead atoms. The molecule has 0 aliphatic rings. The van der Waals surface area contributed by atoms with Gasteiger partial charge in [-0.3, -0.25) is 0 Å². The van der Waals surface area contributed by atoms with E-state index in [0.29, 0.717) is 0 Å². The van der Waals surface area contributed by atoms with Crippen LogP contribution in [0.1, 0.15) is 74.7 Å². The zero-order valence-corrected chi connectivity index (χ0v) is 15.6. The van der Waals surface area contributed by atoms with Crippen molar-refractivity contribution >= 4 is 6.09 Å². The molecule has 0 aromatic rings. The molecule has 130 valence electrons. The SMILES string of the molecule is CCCCC(C)(O)C(C)(C)/C=C\OC(=O)N(C(C)C)C(C)C. The first-order valence-electron chi connectivity index (χ1n) is 8.35. The summed E-state index contributed by atoms with van der Waals surface area (Å²) in [6.45, 7) is 15.7.